The standard InChI is InChI=1S/C10H10.H3N2O2/c1-3-9-7-5-6-8-10(9)4-2;1-2(3)4/h3-8H,1-2H2;(H3,1,3,4)/q;+1/i7D;. The fourth-order valence-corrected chi connectivity index (χ4v) is 0.818. The molecule has 0 radical (unpaired) electrons. The SMILES string of the molecule is N=[N+](O)O.[2H]c1cccc(C=C)c1C=C. The third-order valence-corrected chi connectivity index (χ3v) is 1.35. The lowest BCUT2D eigenvalue weighted by Crippen LogP contribution is -1.86. The topological polar surface area (TPSA) is 67.3 Å². The maximum Gasteiger partial charge on any atom is 0.326 e. The zero-order valence-electron chi connectivity index (χ0n) is 8.64. The van der Waals surface area contributed by atoms with Crippen molar-refractivity contribution in [1.29, 1.82) is 5.53 Å². The van der Waals surface area contributed by atoms with Crippen molar-refractivity contribution in [2.24, 2.45) is 0 Å². The predicted molar refractivity (Wildman–Crippen MR) is 53.2 cm³/mol. The summed E-state index contributed by atoms with van der Waals surface area (Å²) in [6.07, 6.45) is 3.41. The van der Waals surface area contributed by atoms with Gasteiger partial charge in [-0.05, 0) is 11.1 Å². The minimum Gasteiger partial charge on any atom is -0.221 e. The third-order valence-electron chi connectivity index (χ3n) is 1.35. The van der Waals surface area contributed by atoms with E-state index >= 15 is 0 Å². The number of benzene rings is 1. The number of rotatable bonds is 2. The van der Waals surface area contributed by atoms with Crippen LogP contribution in [0, 0.1) is 5.53 Å². The third kappa shape index (κ3) is 4.71. The van der Waals surface area contributed by atoms with E-state index in [2.05, 4.69) is 13.2 Å². The van der Waals surface area contributed by atoms with Crippen LogP contribution in [0.2, 0.25) is 0 Å². The van der Waals surface area contributed by atoms with Crippen LogP contribution in [0.5, 0.6) is 0 Å². The van der Waals surface area contributed by atoms with Crippen molar-refractivity contribution < 1.29 is 16.8 Å². The molecule has 4 heteroatoms. The minimum absolute atomic E-state index is 0.498. The van der Waals surface area contributed by atoms with Crippen molar-refractivity contribution in [3.05, 3.63) is 48.5 Å². The van der Waals surface area contributed by atoms with Crippen molar-refractivity contribution in [2.45, 2.75) is 0 Å². The quantitative estimate of drug-likeness (QED) is 0.500. The second-order valence-electron chi connectivity index (χ2n) is 2.24. The summed E-state index contributed by atoms with van der Waals surface area (Å²) in [5.74, 6) is 0. The summed E-state index contributed by atoms with van der Waals surface area (Å²) >= 11 is 0. The van der Waals surface area contributed by atoms with Gasteiger partial charge in [0.15, 0.2) is 0 Å². The van der Waals surface area contributed by atoms with Crippen LogP contribution in [-0.4, -0.2) is 15.4 Å². The highest BCUT2D eigenvalue weighted by Gasteiger charge is 1.89. The van der Waals surface area contributed by atoms with Gasteiger partial charge in [-0.2, -0.15) is 0 Å². The average Bonchev–Trinajstić information content (AvgIpc) is 2.16. The first kappa shape index (κ1) is 9.98. The van der Waals surface area contributed by atoms with Gasteiger partial charge in [-0.15, -0.1) is 0 Å². The molecule has 4 nitrogen and oxygen atoms in total. The molecule has 0 aliphatic carbocycles. The molecule has 0 heterocycles. The highest BCUT2D eigenvalue weighted by Crippen LogP contribution is 2.10. The molecule has 0 aliphatic heterocycles. The van der Waals surface area contributed by atoms with Gasteiger partial charge < -0.3 is 0 Å². The van der Waals surface area contributed by atoms with E-state index in [4.69, 9.17) is 17.3 Å². The Morgan fingerprint density at radius 3 is 2.14 bits per heavy atom. The second kappa shape index (κ2) is 6.42. The lowest BCUT2D eigenvalue weighted by Gasteiger charge is -1.96. The molecular formula is C10H13N2O2+. The van der Waals surface area contributed by atoms with Gasteiger partial charge in [-0.3, -0.25) is 0 Å². The zero-order chi connectivity index (χ0) is 11.8. The molecule has 0 aromatic heterocycles. The van der Waals surface area contributed by atoms with E-state index in [0.29, 0.717) is 6.04 Å². The molecule has 0 fully saturated rings. The summed E-state index contributed by atoms with van der Waals surface area (Å²) < 4.78 is 7.50. The predicted octanol–water partition coefficient (Wildman–Crippen LogP) is 2.78. The molecule has 0 aliphatic rings. The Kier molecular flexibility index (Phi) is 4.58. The second-order valence-corrected chi connectivity index (χ2v) is 2.24. The van der Waals surface area contributed by atoms with Crippen LogP contribution in [0.1, 0.15) is 12.5 Å². The number of nitrogens with one attached hydrogen (secondary N) is 1. The van der Waals surface area contributed by atoms with Crippen molar-refractivity contribution in [3.8, 4) is 0 Å². The van der Waals surface area contributed by atoms with Crippen molar-refractivity contribution >= 4 is 12.2 Å². The van der Waals surface area contributed by atoms with Crippen molar-refractivity contribution in [2.75, 3.05) is 0 Å². The molecule has 1 aromatic carbocycles. The zero-order valence-corrected chi connectivity index (χ0v) is 7.64. The average molecular weight is 194 g/mol. The van der Waals surface area contributed by atoms with E-state index < -0.39 is 5.02 Å². The molecule has 0 unspecified atom stereocenters. The largest absolute Gasteiger partial charge is 0.326 e. The Labute approximate surface area is 83.9 Å². The van der Waals surface area contributed by atoms with Crippen molar-refractivity contribution in [1.82, 2.24) is 0 Å². The molecule has 0 amide bonds. The summed E-state index contributed by atoms with van der Waals surface area (Å²) in [6.45, 7) is 7.28. The Bertz CT molecular complexity index is 374. The van der Waals surface area contributed by atoms with Gasteiger partial charge in [0.25, 0.3) is 0 Å². The molecule has 1 rings (SSSR count). The molecule has 3 N–H and O–H groups in total. The molecule has 1 aromatic rings. The van der Waals surface area contributed by atoms with Crippen LogP contribution < -0.4 is 0 Å². The van der Waals surface area contributed by atoms with Gasteiger partial charge in [0.2, 0.25) is 0 Å². The first-order valence-electron chi connectivity index (χ1n) is 4.26. The van der Waals surface area contributed by atoms with Gasteiger partial charge in [-0.1, -0.05) is 49.6 Å². The lowest BCUT2D eigenvalue weighted by atomic mass is 10.1. The fraction of sp³-hybridized carbons (Fsp3) is 0. The van der Waals surface area contributed by atoms with E-state index in [-0.39, 0.29) is 0 Å². The van der Waals surface area contributed by atoms with Gasteiger partial charge in [-0.25, -0.2) is 10.4 Å². The Balaban J connectivity index is 0.000000423. The van der Waals surface area contributed by atoms with E-state index in [1.807, 2.05) is 12.1 Å². The summed E-state index contributed by atoms with van der Waals surface area (Å²) in [5, 5.41) is 13.5. The molecule has 74 valence electrons. The number of hydrogen-bond acceptors (Lipinski definition) is 1. The van der Waals surface area contributed by atoms with Gasteiger partial charge in [0.05, 0.1) is 1.37 Å². The summed E-state index contributed by atoms with van der Waals surface area (Å²) in [5.41, 5.74) is 7.34. The van der Waals surface area contributed by atoms with E-state index in [1.165, 1.54) is 0 Å². The first-order valence-corrected chi connectivity index (χ1v) is 3.76. The highest BCUT2D eigenvalue weighted by molar-refractivity contribution is 5.63. The molecular weight excluding hydrogens is 180 g/mol. The summed E-state index contributed by atoms with van der Waals surface area (Å²) in [6, 6.07) is 6.00. The Morgan fingerprint density at radius 1 is 1.29 bits per heavy atom. The van der Waals surface area contributed by atoms with Gasteiger partial charge >= 0.3 is 5.02 Å². The molecule has 14 heavy (non-hydrogen) atoms. The number of hydrogen-bond donors (Lipinski definition) is 3. The highest BCUT2D eigenvalue weighted by atomic mass is 16.8. The van der Waals surface area contributed by atoms with Gasteiger partial charge in [0, 0.05) is 5.53 Å². The summed E-state index contributed by atoms with van der Waals surface area (Å²) in [4.78, 5) is 0. The van der Waals surface area contributed by atoms with Gasteiger partial charge in [0.1, 0.15) is 0 Å². The lowest BCUT2D eigenvalue weighted by molar-refractivity contribution is -1.01. The smallest absolute Gasteiger partial charge is 0.221 e. The maximum absolute atomic E-state index is 7.50. The van der Waals surface area contributed by atoms with E-state index in [1.54, 1.807) is 18.2 Å². The van der Waals surface area contributed by atoms with Crippen LogP contribution in [0.25, 0.3) is 12.2 Å². The monoisotopic (exact) mass is 194 g/mol. The Hall–Kier alpha value is -2.10. The van der Waals surface area contributed by atoms with E-state index in [0.717, 1.165) is 11.1 Å². The van der Waals surface area contributed by atoms with Crippen LogP contribution in [-0.2, 0) is 0 Å². The normalized spacial score (nSPS) is 9.00. The van der Waals surface area contributed by atoms with E-state index in [9.17, 15) is 0 Å². The van der Waals surface area contributed by atoms with Crippen LogP contribution in [0.15, 0.2) is 37.4 Å². The molecule has 0 atom stereocenters. The molecule has 0 spiro atoms. The molecule has 0 saturated heterocycles. The number of nitrogens with zero attached hydrogens (tertiary/aromatic N) is 1. The molecule has 0 bridgehead atoms. The van der Waals surface area contributed by atoms with Crippen LogP contribution in [0.3, 0.4) is 0 Å². The van der Waals surface area contributed by atoms with Crippen LogP contribution in [0.4, 0.5) is 0 Å². The fourth-order valence-electron chi connectivity index (χ4n) is 0.818. The first-order chi connectivity index (χ1) is 7.02. The molecule has 0 saturated carbocycles. The van der Waals surface area contributed by atoms with Crippen LogP contribution >= 0.6 is 0 Å². The minimum atomic E-state index is -0.750. The van der Waals surface area contributed by atoms with Crippen molar-refractivity contribution in [3.63, 3.8) is 0 Å². The Morgan fingerprint density at radius 2 is 1.79 bits per heavy atom. The summed E-state index contributed by atoms with van der Waals surface area (Å²) in [7, 11) is 0. The maximum atomic E-state index is 7.50.